The molecule has 2 nitrogen and oxygen atoms in total. The molecule has 0 fully saturated rings. The van der Waals surface area contributed by atoms with Crippen LogP contribution in [0.2, 0.25) is 5.02 Å². The molecule has 4 heteroatoms. The first-order valence-electron chi connectivity index (χ1n) is 6.25. The number of hydrogen-bond donors (Lipinski definition) is 0. The summed E-state index contributed by atoms with van der Waals surface area (Å²) in [5, 5.41) is 0.665. The van der Waals surface area contributed by atoms with Gasteiger partial charge in [-0.25, -0.2) is 0 Å². The SMILES string of the molecule is CCCCN(CCCl)C(=O)Cc1cccc(Cl)c1. The summed E-state index contributed by atoms with van der Waals surface area (Å²) in [5.41, 5.74) is 0.948. The van der Waals surface area contributed by atoms with Gasteiger partial charge < -0.3 is 4.90 Å². The first-order chi connectivity index (χ1) is 8.67. The number of amides is 1. The lowest BCUT2D eigenvalue weighted by Crippen LogP contribution is -2.34. The van der Waals surface area contributed by atoms with E-state index in [0.29, 0.717) is 23.9 Å². The Hall–Kier alpha value is -0.730. The molecule has 0 atom stereocenters. The normalized spacial score (nSPS) is 10.4. The smallest absolute Gasteiger partial charge is 0.227 e. The van der Waals surface area contributed by atoms with Crippen molar-refractivity contribution in [2.24, 2.45) is 0 Å². The van der Waals surface area contributed by atoms with Gasteiger partial charge in [0, 0.05) is 24.0 Å². The number of unbranched alkanes of at least 4 members (excludes halogenated alkanes) is 1. The van der Waals surface area contributed by atoms with Gasteiger partial charge in [0.1, 0.15) is 0 Å². The Morgan fingerprint density at radius 2 is 2.11 bits per heavy atom. The third kappa shape index (κ3) is 5.28. The van der Waals surface area contributed by atoms with E-state index in [1.54, 1.807) is 0 Å². The van der Waals surface area contributed by atoms with Gasteiger partial charge in [-0.2, -0.15) is 0 Å². The summed E-state index contributed by atoms with van der Waals surface area (Å²) in [4.78, 5) is 14.0. The minimum atomic E-state index is 0.117. The molecule has 1 aromatic carbocycles. The summed E-state index contributed by atoms with van der Waals surface area (Å²) in [6, 6.07) is 7.42. The molecule has 1 rings (SSSR count). The van der Waals surface area contributed by atoms with Crippen LogP contribution in [-0.4, -0.2) is 29.8 Å². The van der Waals surface area contributed by atoms with Crippen LogP contribution < -0.4 is 0 Å². The zero-order valence-electron chi connectivity index (χ0n) is 10.7. The highest BCUT2D eigenvalue weighted by molar-refractivity contribution is 6.30. The van der Waals surface area contributed by atoms with E-state index >= 15 is 0 Å². The molecule has 1 aromatic rings. The topological polar surface area (TPSA) is 20.3 Å². The average molecular weight is 288 g/mol. The van der Waals surface area contributed by atoms with Gasteiger partial charge in [0.2, 0.25) is 5.91 Å². The van der Waals surface area contributed by atoms with Crippen molar-refractivity contribution in [1.29, 1.82) is 0 Å². The maximum atomic E-state index is 12.1. The van der Waals surface area contributed by atoms with Crippen LogP contribution in [0, 0.1) is 0 Å². The predicted octanol–water partition coefficient (Wildman–Crippen LogP) is 3.75. The fourth-order valence-corrected chi connectivity index (χ4v) is 2.16. The van der Waals surface area contributed by atoms with Crippen molar-refractivity contribution in [3.8, 4) is 0 Å². The summed E-state index contributed by atoms with van der Waals surface area (Å²) >= 11 is 11.6. The molecular formula is C14H19Cl2NO. The van der Waals surface area contributed by atoms with Crippen LogP contribution in [-0.2, 0) is 11.2 Å². The maximum absolute atomic E-state index is 12.1. The van der Waals surface area contributed by atoms with E-state index in [9.17, 15) is 4.79 Å². The summed E-state index contributed by atoms with van der Waals surface area (Å²) < 4.78 is 0. The monoisotopic (exact) mass is 287 g/mol. The number of hydrogen-bond acceptors (Lipinski definition) is 1. The number of carbonyl (C=O) groups excluding carboxylic acids is 1. The second-order valence-corrected chi connectivity index (χ2v) is 5.04. The van der Waals surface area contributed by atoms with Crippen LogP contribution in [0.5, 0.6) is 0 Å². The van der Waals surface area contributed by atoms with Crippen molar-refractivity contribution in [3.05, 3.63) is 34.9 Å². The molecule has 1 amide bonds. The lowest BCUT2D eigenvalue weighted by molar-refractivity contribution is -0.130. The van der Waals surface area contributed by atoms with Crippen LogP contribution >= 0.6 is 23.2 Å². The highest BCUT2D eigenvalue weighted by Crippen LogP contribution is 2.12. The summed E-state index contributed by atoms with van der Waals surface area (Å²) in [6.45, 7) is 3.50. The summed E-state index contributed by atoms with van der Waals surface area (Å²) in [6.07, 6.45) is 2.47. The third-order valence-electron chi connectivity index (χ3n) is 2.73. The fraction of sp³-hybridized carbons (Fsp3) is 0.500. The molecule has 0 saturated heterocycles. The van der Waals surface area contributed by atoms with Gasteiger partial charge in [-0.1, -0.05) is 37.1 Å². The molecule has 0 aliphatic heterocycles. The maximum Gasteiger partial charge on any atom is 0.227 e. The van der Waals surface area contributed by atoms with E-state index in [-0.39, 0.29) is 5.91 Å². The Bertz CT molecular complexity index is 382. The molecule has 18 heavy (non-hydrogen) atoms. The lowest BCUT2D eigenvalue weighted by atomic mass is 10.1. The number of carbonyl (C=O) groups is 1. The minimum absolute atomic E-state index is 0.117. The molecule has 0 spiro atoms. The molecule has 0 N–H and O–H groups in total. The Balaban J connectivity index is 2.60. The second kappa shape index (κ2) is 8.39. The molecule has 0 aromatic heterocycles. The predicted molar refractivity (Wildman–Crippen MR) is 77.4 cm³/mol. The van der Waals surface area contributed by atoms with Crippen molar-refractivity contribution in [2.75, 3.05) is 19.0 Å². The number of halogens is 2. The molecule has 0 aliphatic rings. The lowest BCUT2D eigenvalue weighted by Gasteiger charge is -2.21. The molecule has 0 saturated carbocycles. The van der Waals surface area contributed by atoms with Crippen molar-refractivity contribution < 1.29 is 4.79 Å². The standard InChI is InChI=1S/C14H19Cl2NO/c1-2-3-8-17(9-7-15)14(18)11-12-5-4-6-13(16)10-12/h4-6,10H,2-3,7-9,11H2,1H3. The van der Waals surface area contributed by atoms with E-state index in [1.165, 1.54) is 0 Å². The van der Waals surface area contributed by atoms with Gasteiger partial charge in [0.15, 0.2) is 0 Å². The van der Waals surface area contributed by atoms with E-state index < -0.39 is 0 Å². The van der Waals surface area contributed by atoms with Crippen molar-refractivity contribution >= 4 is 29.1 Å². The second-order valence-electron chi connectivity index (χ2n) is 4.23. The van der Waals surface area contributed by atoms with Crippen molar-refractivity contribution in [1.82, 2.24) is 4.90 Å². The van der Waals surface area contributed by atoms with E-state index in [2.05, 4.69) is 6.92 Å². The summed E-state index contributed by atoms with van der Waals surface area (Å²) in [5.74, 6) is 0.594. The largest absolute Gasteiger partial charge is 0.341 e. The first-order valence-corrected chi connectivity index (χ1v) is 7.16. The highest BCUT2D eigenvalue weighted by atomic mass is 35.5. The van der Waals surface area contributed by atoms with Crippen LogP contribution in [0.15, 0.2) is 24.3 Å². The molecule has 0 unspecified atom stereocenters. The quantitative estimate of drug-likeness (QED) is 0.700. The average Bonchev–Trinajstić information content (AvgIpc) is 2.34. The van der Waals surface area contributed by atoms with Crippen LogP contribution in [0.4, 0.5) is 0 Å². The van der Waals surface area contributed by atoms with Gasteiger partial charge >= 0.3 is 0 Å². The summed E-state index contributed by atoms with van der Waals surface area (Å²) in [7, 11) is 0. The zero-order valence-corrected chi connectivity index (χ0v) is 12.2. The molecule has 0 aliphatic carbocycles. The van der Waals surface area contributed by atoms with Crippen LogP contribution in [0.3, 0.4) is 0 Å². The number of rotatable bonds is 7. The molecule has 0 bridgehead atoms. The number of nitrogens with zero attached hydrogens (tertiary/aromatic N) is 1. The molecule has 100 valence electrons. The van der Waals surface area contributed by atoms with E-state index in [4.69, 9.17) is 23.2 Å². The molecule has 0 radical (unpaired) electrons. The first kappa shape index (κ1) is 15.3. The van der Waals surface area contributed by atoms with Gasteiger partial charge in [-0.3, -0.25) is 4.79 Å². The van der Waals surface area contributed by atoms with E-state index in [0.717, 1.165) is 24.9 Å². The number of benzene rings is 1. The minimum Gasteiger partial charge on any atom is -0.341 e. The van der Waals surface area contributed by atoms with E-state index in [1.807, 2.05) is 29.2 Å². The van der Waals surface area contributed by atoms with Crippen LogP contribution in [0.25, 0.3) is 0 Å². The van der Waals surface area contributed by atoms with Gasteiger partial charge in [-0.15, -0.1) is 11.6 Å². The zero-order chi connectivity index (χ0) is 13.4. The Morgan fingerprint density at radius 3 is 2.72 bits per heavy atom. The Kier molecular flexibility index (Phi) is 7.14. The van der Waals surface area contributed by atoms with Gasteiger partial charge in [0.05, 0.1) is 6.42 Å². The van der Waals surface area contributed by atoms with Crippen LogP contribution in [0.1, 0.15) is 25.3 Å². The Labute approximate surface area is 119 Å². The van der Waals surface area contributed by atoms with Gasteiger partial charge in [-0.05, 0) is 24.1 Å². The molecular weight excluding hydrogens is 269 g/mol. The fourth-order valence-electron chi connectivity index (χ4n) is 1.75. The van der Waals surface area contributed by atoms with Gasteiger partial charge in [0.25, 0.3) is 0 Å². The highest BCUT2D eigenvalue weighted by Gasteiger charge is 2.12. The van der Waals surface area contributed by atoms with Crippen molar-refractivity contribution in [2.45, 2.75) is 26.2 Å². The Morgan fingerprint density at radius 1 is 1.33 bits per heavy atom. The van der Waals surface area contributed by atoms with Crippen molar-refractivity contribution in [3.63, 3.8) is 0 Å². The molecule has 0 heterocycles. The number of alkyl halides is 1. The third-order valence-corrected chi connectivity index (χ3v) is 3.14.